The Morgan fingerprint density at radius 1 is 1.50 bits per heavy atom. The first-order chi connectivity index (χ1) is 7.29. The lowest BCUT2D eigenvalue weighted by atomic mass is 9.71. The number of carbonyl (C=O) groups is 1. The Balaban J connectivity index is 1.96. The van der Waals surface area contributed by atoms with Crippen LogP contribution in [0, 0.1) is 11.8 Å². The average molecular weight is 227 g/mol. The van der Waals surface area contributed by atoms with Crippen molar-refractivity contribution in [1.82, 2.24) is 4.90 Å². The molecule has 16 heavy (non-hydrogen) atoms. The lowest BCUT2D eigenvalue weighted by Gasteiger charge is -2.38. The first kappa shape index (κ1) is 11.7. The fraction of sp³-hybridized carbons (Fsp3) is 0.917. The highest BCUT2D eigenvalue weighted by Gasteiger charge is 2.56. The van der Waals surface area contributed by atoms with Crippen molar-refractivity contribution >= 4 is 6.09 Å². The third-order valence-corrected chi connectivity index (χ3v) is 3.55. The normalized spacial score (nSPS) is 34.6. The van der Waals surface area contributed by atoms with E-state index in [1.54, 1.807) is 4.90 Å². The van der Waals surface area contributed by atoms with Crippen LogP contribution in [0.4, 0.5) is 4.79 Å². The zero-order valence-electron chi connectivity index (χ0n) is 10.4. The van der Waals surface area contributed by atoms with Crippen LogP contribution in [0.2, 0.25) is 0 Å². The molecule has 0 aromatic carbocycles. The quantitative estimate of drug-likeness (QED) is 0.740. The van der Waals surface area contributed by atoms with Crippen LogP contribution < -0.4 is 0 Å². The number of hydrogen-bond donors (Lipinski definition) is 1. The molecule has 0 unspecified atom stereocenters. The second-order valence-corrected chi connectivity index (χ2v) is 6.01. The number of rotatable bonds is 1. The minimum atomic E-state index is -0.440. The molecule has 4 heteroatoms. The predicted molar refractivity (Wildman–Crippen MR) is 60.0 cm³/mol. The Morgan fingerprint density at radius 3 is 2.56 bits per heavy atom. The van der Waals surface area contributed by atoms with E-state index in [2.05, 4.69) is 0 Å². The molecule has 3 aliphatic rings. The number of hydrogen-bond acceptors (Lipinski definition) is 3. The molecule has 4 atom stereocenters. The largest absolute Gasteiger partial charge is 0.444 e. The molecule has 2 aliphatic heterocycles. The van der Waals surface area contributed by atoms with E-state index in [9.17, 15) is 9.90 Å². The number of amides is 1. The Morgan fingerprint density at radius 2 is 2.12 bits per heavy atom. The summed E-state index contributed by atoms with van der Waals surface area (Å²) in [7, 11) is 0. The molecule has 2 bridgehead atoms. The third kappa shape index (κ3) is 1.90. The zero-order valence-corrected chi connectivity index (χ0v) is 10.4. The van der Waals surface area contributed by atoms with Gasteiger partial charge in [0.05, 0.1) is 6.10 Å². The highest BCUT2D eigenvalue weighted by atomic mass is 16.6. The fourth-order valence-electron chi connectivity index (χ4n) is 2.91. The molecule has 1 saturated carbocycles. The molecule has 1 amide bonds. The van der Waals surface area contributed by atoms with Crippen molar-refractivity contribution < 1.29 is 14.6 Å². The predicted octanol–water partition coefficient (Wildman–Crippen LogP) is 1.62. The van der Waals surface area contributed by atoms with E-state index >= 15 is 0 Å². The maximum absolute atomic E-state index is 11.9. The molecule has 3 fully saturated rings. The van der Waals surface area contributed by atoms with Gasteiger partial charge < -0.3 is 14.7 Å². The number of ether oxygens (including phenoxy) is 1. The monoisotopic (exact) mass is 227 g/mol. The molecule has 0 aromatic rings. The maximum Gasteiger partial charge on any atom is 0.410 e. The van der Waals surface area contributed by atoms with E-state index in [0.717, 1.165) is 13.0 Å². The summed E-state index contributed by atoms with van der Waals surface area (Å²) >= 11 is 0. The smallest absolute Gasteiger partial charge is 0.410 e. The van der Waals surface area contributed by atoms with E-state index in [4.69, 9.17) is 4.74 Å². The molecule has 3 rings (SSSR count). The van der Waals surface area contributed by atoms with Crippen molar-refractivity contribution in [3.8, 4) is 0 Å². The van der Waals surface area contributed by atoms with E-state index in [0.29, 0.717) is 5.92 Å². The summed E-state index contributed by atoms with van der Waals surface area (Å²) in [6, 6.07) is 0.194. The average Bonchev–Trinajstić information content (AvgIpc) is 2.53. The van der Waals surface area contributed by atoms with Gasteiger partial charge in [-0.1, -0.05) is 0 Å². The molecule has 1 N–H and O–H groups in total. The van der Waals surface area contributed by atoms with Crippen LogP contribution in [0.3, 0.4) is 0 Å². The van der Waals surface area contributed by atoms with Crippen molar-refractivity contribution in [1.29, 1.82) is 0 Å². The Bertz CT molecular complexity index is 295. The van der Waals surface area contributed by atoms with Crippen molar-refractivity contribution in [3.05, 3.63) is 0 Å². The van der Waals surface area contributed by atoms with Gasteiger partial charge in [0.1, 0.15) is 5.60 Å². The molecule has 92 valence electrons. The molecule has 0 spiro atoms. The van der Waals surface area contributed by atoms with Crippen LogP contribution in [0.15, 0.2) is 0 Å². The molecule has 0 aromatic heterocycles. The van der Waals surface area contributed by atoms with E-state index < -0.39 is 5.60 Å². The van der Waals surface area contributed by atoms with Gasteiger partial charge in [0.15, 0.2) is 0 Å². The summed E-state index contributed by atoms with van der Waals surface area (Å²) in [6.45, 7) is 8.17. The number of aliphatic hydroxyl groups is 1. The summed E-state index contributed by atoms with van der Waals surface area (Å²) in [6.07, 6.45) is 0.466. The van der Waals surface area contributed by atoms with Crippen LogP contribution >= 0.6 is 0 Å². The zero-order chi connectivity index (χ0) is 12.1. The molecule has 0 radical (unpaired) electrons. The molecule has 1 aliphatic carbocycles. The summed E-state index contributed by atoms with van der Waals surface area (Å²) in [4.78, 5) is 13.7. The van der Waals surface area contributed by atoms with E-state index in [-0.39, 0.29) is 24.2 Å². The third-order valence-electron chi connectivity index (χ3n) is 3.55. The SMILES string of the molecule is C[C@H](O)[C@@H]1[C@H]2C[C@H]1N(C(=O)OC(C)(C)C)C2. The summed E-state index contributed by atoms with van der Waals surface area (Å²) in [5.74, 6) is 0.727. The van der Waals surface area contributed by atoms with Gasteiger partial charge in [-0.3, -0.25) is 0 Å². The van der Waals surface area contributed by atoms with Crippen molar-refractivity contribution in [2.24, 2.45) is 11.8 Å². The highest BCUT2D eigenvalue weighted by Crippen LogP contribution is 2.48. The Kier molecular flexibility index (Phi) is 2.65. The fourth-order valence-corrected chi connectivity index (χ4v) is 2.91. The van der Waals surface area contributed by atoms with Crippen molar-refractivity contribution in [2.45, 2.75) is 51.9 Å². The number of carbonyl (C=O) groups excluding carboxylic acids is 1. The molecule has 2 heterocycles. The van der Waals surface area contributed by atoms with E-state index in [1.165, 1.54) is 0 Å². The maximum atomic E-state index is 11.9. The molecular weight excluding hydrogens is 206 g/mol. The van der Waals surface area contributed by atoms with Crippen molar-refractivity contribution in [3.63, 3.8) is 0 Å². The van der Waals surface area contributed by atoms with Crippen LogP contribution in [0.5, 0.6) is 0 Å². The van der Waals surface area contributed by atoms with Gasteiger partial charge in [-0.25, -0.2) is 4.79 Å². The number of nitrogens with zero attached hydrogens (tertiary/aromatic N) is 1. The highest BCUT2D eigenvalue weighted by molar-refractivity contribution is 5.69. The van der Waals surface area contributed by atoms with Gasteiger partial charge in [-0.2, -0.15) is 0 Å². The summed E-state index contributed by atoms with van der Waals surface area (Å²) in [5, 5.41) is 9.61. The lowest BCUT2D eigenvalue weighted by Crippen LogP contribution is -2.47. The Labute approximate surface area is 96.6 Å². The van der Waals surface area contributed by atoms with Gasteiger partial charge in [-0.05, 0) is 40.0 Å². The minimum absolute atomic E-state index is 0.194. The Hall–Kier alpha value is -0.770. The van der Waals surface area contributed by atoms with Crippen molar-refractivity contribution in [2.75, 3.05) is 6.54 Å². The van der Waals surface area contributed by atoms with Gasteiger partial charge in [0, 0.05) is 18.5 Å². The van der Waals surface area contributed by atoms with Crippen LogP contribution in [0.1, 0.15) is 34.1 Å². The standard InChI is InChI=1S/C12H21NO3/c1-7(14)10-8-5-9(10)13(6-8)11(15)16-12(2,3)4/h7-10,14H,5-6H2,1-4H3/t7-,8-,9+,10+/m0/s1. The summed E-state index contributed by atoms with van der Waals surface area (Å²) < 4.78 is 5.35. The van der Waals surface area contributed by atoms with Crippen LogP contribution in [-0.4, -0.2) is 40.4 Å². The van der Waals surface area contributed by atoms with Gasteiger partial charge in [0.2, 0.25) is 0 Å². The van der Waals surface area contributed by atoms with Crippen LogP contribution in [0.25, 0.3) is 0 Å². The second-order valence-electron chi connectivity index (χ2n) is 6.01. The topological polar surface area (TPSA) is 49.8 Å². The van der Waals surface area contributed by atoms with E-state index in [1.807, 2.05) is 27.7 Å². The van der Waals surface area contributed by atoms with Crippen LogP contribution in [-0.2, 0) is 4.74 Å². The first-order valence-corrected chi connectivity index (χ1v) is 5.97. The first-order valence-electron chi connectivity index (χ1n) is 5.97. The molecule has 4 nitrogen and oxygen atoms in total. The van der Waals surface area contributed by atoms with Gasteiger partial charge >= 0.3 is 6.09 Å². The number of fused-ring (bicyclic) bond motifs is 1. The van der Waals surface area contributed by atoms with Gasteiger partial charge in [-0.15, -0.1) is 0 Å². The minimum Gasteiger partial charge on any atom is -0.444 e. The summed E-state index contributed by atoms with van der Waals surface area (Å²) in [5.41, 5.74) is -0.440. The second kappa shape index (κ2) is 3.62. The van der Waals surface area contributed by atoms with Gasteiger partial charge in [0.25, 0.3) is 0 Å². The molecular formula is C12H21NO3. The lowest BCUT2D eigenvalue weighted by molar-refractivity contribution is 0.000963. The number of aliphatic hydroxyl groups excluding tert-OH is 1. The molecule has 2 saturated heterocycles.